The topological polar surface area (TPSA) is 28.1 Å². The van der Waals surface area contributed by atoms with Crippen molar-refractivity contribution in [2.24, 2.45) is 5.16 Å². The molecule has 1 atom stereocenters. The largest absolute Gasteiger partial charge is 0.392 e. The van der Waals surface area contributed by atoms with E-state index in [0.29, 0.717) is 0 Å². The lowest BCUT2D eigenvalue weighted by atomic mass is 10.0. The predicted molar refractivity (Wildman–Crippen MR) is 111 cm³/mol. The molecule has 142 valence electrons. The highest BCUT2D eigenvalue weighted by molar-refractivity contribution is 6.01. The van der Waals surface area contributed by atoms with Crippen molar-refractivity contribution in [3.63, 3.8) is 0 Å². The molecule has 0 aromatic heterocycles. The van der Waals surface area contributed by atoms with Crippen LogP contribution in [-0.4, -0.2) is 49.4 Å². The summed E-state index contributed by atoms with van der Waals surface area (Å²) in [6.07, 6.45) is 4.76. The van der Waals surface area contributed by atoms with Crippen molar-refractivity contribution in [1.82, 2.24) is 4.90 Å². The summed E-state index contributed by atoms with van der Waals surface area (Å²) >= 11 is 0. The van der Waals surface area contributed by atoms with Crippen molar-refractivity contribution in [2.75, 3.05) is 37.6 Å². The van der Waals surface area contributed by atoms with Gasteiger partial charge in [0.1, 0.15) is 6.10 Å². The maximum atomic E-state index is 5.64. The molecule has 0 N–H and O–H groups in total. The number of oxime groups is 1. The molecular formula is C23H29N3O. The van der Waals surface area contributed by atoms with Crippen molar-refractivity contribution in [3.05, 3.63) is 66.2 Å². The van der Waals surface area contributed by atoms with Crippen molar-refractivity contribution >= 4 is 11.4 Å². The third-order valence-electron chi connectivity index (χ3n) is 5.58. The highest BCUT2D eigenvalue weighted by atomic mass is 16.6. The first-order valence-corrected chi connectivity index (χ1v) is 10.2. The van der Waals surface area contributed by atoms with Gasteiger partial charge < -0.3 is 9.74 Å². The zero-order chi connectivity index (χ0) is 18.3. The molecule has 4 nitrogen and oxygen atoms in total. The second kappa shape index (κ2) is 9.05. The molecule has 27 heavy (non-hydrogen) atoms. The maximum absolute atomic E-state index is 5.64. The van der Waals surface area contributed by atoms with Gasteiger partial charge in [0.25, 0.3) is 0 Å². The number of hydrogen-bond donors (Lipinski definition) is 0. The van der Waals surface area contributed by atoms with E-state index in [2.05, 4.69) is 69.6 Å². The van der Waals surface area contributed by atoms with Gasteiger partial charge >= 0.3 is 0 Å². The summed E-state index contributed by atoms with van der Waals surface area (Å²) in [5.41, 5.74) is 3.64. The monoisotopic (exact) mass is 363 g/mol. The molecule has 0 spiro atoms. The molecule has 0 aliphatic carbocycles. The van der Waals surface area contributed by atoms with Crippen LogP contribution < -0.4 is 4.90 Å². The number of benzene rings is 2. The Bertz CT molecular complexity index is 724. The fourth-order valence-electron chi connectivity index (χ4n) is 3.96. The number of rotatable bonds is 7. The number of para-hydroxylation sites is 1. The molecule has 2 heterocycles. The lowest BCUT2D eigenvalue weighted by Gasteiger charge is -2.36. The molecule has 2 aromatic carbocycles. The number of anilines is 1. The third-order valence-corrected chi connectivity index (χ3v) is 5.58. The molecule has 1 fully saturated rings. The number of hydrogen-bond acceptors (Lipinski definition) is 4. The fourth-order valence-corrected chi connectivity index (χ4v) is 3.96. The maximum Gasteiger partial charge on any atom is 0.133 e. The van der Waals surface area contributed by atoms with Gasteiger partial charge in [-0.1, -0.05) is 53.7 Å². The van der Waals surface area contributed by atoms with E-state index in [0.717, 1.165) is 44.7 Å². The molecule has 2 aromatic rings. The van der Waals surface area contributed by atoms with Gasteiger partial charge in [0.15, 0.2) is 0 Å². The summed E-state index contributed by atoms with van der Waals surface area (Å²) in [4.78, 5) is 10.7. The van der Waals surface area contributed by atoms with E-state index in [9.17, 15) is 0 Å². The second-order valence-corrected chi connectivity index (χ2v) is 7.50. The highest BCUT2D eigenvalue weighted by Gasteiger charge is 2.22. The Kier molecular flexibility index (Phi) is 6.05. The first-order valence-electron chi connectivity index (χ1n) is 10.2. The molecule has 1 unspecified atom stereocenters. The van der Waals surface area contributed by atoms with Gasteiger partial charge in [-0.2, -0.15) is 0 Å². The lowest BCUT2D eigenvalue weighted by molar-refractivity contribution is 0.0763. The molecule has 0 amide bonds. The van der Waals surface area contributed by atoms with E-state index in [1.54, 1.807) is 0 Å². The molecule has 2 aliphatic heterocycles. The van der Waals surface area contributed by atoms with E-state index in [-0.39, 0.29) is 6.10 Å². The molecule has 0 radical (unpaired) electrons. The predicted octanol–water partition coefficient (Wildman–Crippen LogP) is 4.17. The van der Waals surface area contributed by atoms with Crippen LogP contribution >= 0.6 is 0 Å². The van der Waals surface area contributed by atoms with Crippen LogP contribution in [0.2, 0.25) is 0 Å². The summed E-state index contributed by atoms with van der Waals surface area (Å²) in [6, 6.07) is 21.1. The number of unbranched alkanes of at least 4 members (excludes halogenated alkanes) is 1. The van der Waals surface area contributed by atoms with E-state index in [4.69, 9.17) is 4.84 Å². The van der Waals surface area contributed by atoms with Crippen LogP contribution in [0.15, 0.2) is 65.8 Å². The molecule has 4 rings (SSSR count). The number of nitrogens with zero attached hydrogens (tertiary/aromatic N) is 3. The fraction of sp³-hybridized carbons (Fsp3) is 0.435. The van der Waals surface area contributed by atoms with Crippen LogP contribution in [0, 0.1) is 0 Å². The normalized spacial score (nSPS) is 20.4. The SMILES string of the molecule is c1ccc(C2=NOC(CCCCN3CCN(c4ccccc4)CC3)C2)cc1. The summed E-state index contributed by atoms with van der Waals surface area (Å²) in [5, 5.41) is 4.29. The van der Waals surface area contributed by atoms with Gasteiger partial charge in [0.2, 0.25) is 0 Å². The van der Waals surface area contributed by atoms with Crippen LogP contribution in [0.1, 0.15) is 31.2 Å². The van der Waals surface area contributed by atoms with E-state index >= 15 is 0 Å². The van der Waals surface area contributed by atoms with Gasteiger partial charge in [-0.15, -0.1) is 0 Å². The average molecular weight is 364 g/mol. The van der Waals surface area contributed by atoms with Crippen LogP contribution in [0.4, 0.5) is 5.69 Å². The Morgan fingerprint density at radius 2 is 1.56 bits per heavy atom. The zero-order valence-corrected chi connectivity index (χ0v) is 16.0. The quantitative estimate of drug-likeness (QED) is 0.691. The van der Waals surface area contributed by atoms with Crippen molar-refractivity contribution in [2.45, 2.75) is 31.8 Å². The molecule has 0 saturated carbocycles. The zero-order valence-electron chi connectivity index (χ0n) is 16.0. The standard InChI is InChI=1S/C23H29N3O/c1-3-9-20(10-4-1)23-19-22(27-24-23)13-7-8-14-25-15-17-26(18-16-25)21-11-5-2-6-12-21/h1-6,9-12,22H,7-8,13-19H2. The van der Waals surface area contributed by atoms with E-state index in [1.165, 1.54) is 30.6 Å². The highest BCUT2D eigenvalue weighted by Crippen LogP contribution is 2.21. The van der Waals surface area contributed by atoms with Gasteiger partial charge in [-0.05, 0) is 43.5 Å². The van der Waals surface area contributed by atoms with Crippen molar-refractivity contribution in [1.29, 1.82) is 0 Å². The van der Waals surface area contributed by atoms with E-state index < -0.39 is 0 Å². The Balaban J connectivity index is 1.11. The second-order valence-electron chi connectivity index (χ2n) is 7.50. The molecule has 1 saturated heterocycles. The molecule has 2 aliphatic rings. The van der Waals surface area contributed by atoms with Crippen LogP contribution in [0.3, 0.4) is 0 Å². The van der Waals surface area contributed by atoms with Crippen LogP contribution in [0.5, 0.6) is 0 Å². The van der Waals surface area contributed by atoms with Gasteiger partial charge in [-0.3, -0.25) is 4.90 Å². The minimum Gasteiger partial charge on any atom is -0.392 e. The summed E-state index contributed by atoms with van der Waals surface area (Å²) in [5.74, 6) is 0. The number of piperazine rings is 1. The minimum absolute atomic E-state index is 0.259. The van der Waals surface area contributed by atoms with Crippen LogP contribution in [-0.2, 0) is 4.84 Å². The summed E-state index contributed by atoms with van der Waals surface area (Å²) < 4.78 is 0. The first kappa shape index (κ1) is 18.1. The smallest absolute Gasteiger partial charge is 0.133 e. The van der Waals surface area contributed by atoms with Gasteiger partial charge in [-0.25, -0.2) is 0 Å². The molecular weight excluding hydrogens is 334 g/mol. The summed E-state index contributed by atoms with van der Waals surface area (Å²) in [6.45, 7) is 5.78. The minimum atomic E-state index is 0.259. The summed E-state index contributed by atoms with van der Waals surface area (Å²) in [7, 11) is 0. The van der Waals surface area contributed by atoms with Gasteiger partial charge in [0, 0.05) is 38.3 Å². The van der Waals surface area contributed by atoms with Crippen LogP contribution in [0.25, 0.3) is 0 Å². The lowest BCUT2D eigenvalue weighted by Crippen LogP contribution is -2.46. The molecule has 4 heteroatoms. The Morgan fingerprint density at radius 1 is 0.852 bits per heavy atom. The van der Waals surface area contributed by atoms with Crippen molar-refractivity contribution in [3.8, 4) is 0 Å². The average Bonchev–Trinajstić information content (AvgIpc) is 3.22. The Labute approximate surface area is 162 Å². The third kappa shape index (κ3) is 4.89. The Hall–Kier alpha value is -2.33. The first-order chi connectivity index (χ1) is 13.4. The van der Waals surface area contributed by atoms with Crippen molar-refractivity contribution < 1.29 is 4.84 Å². The van der Waals surface area contributed by atoms with Gasteiger partial charge in [0.05, 0.1) is 5.71 Å². The van der Waals surface area contributed by atoms with E-state index in [1.807, 2.05) is 6.07 Å². The molecule has 0 bridgehead atoms. The Morgan fingerprint density at radius 3 is 2.30 bits per heavy atom.